The summed E-state index contributed by atoms with van der Waals surface area (Å²) >= 11 is 0. The molecule has 0 saturated heterocycles. The number of imide groups is 1. The van der Waals surface area contributed by atoms with Gasteiger partial charge in [0.2, 0.25) is 0 Å². The highest BCUT2D eigenvalue weighted by atomic mass is 16.6. The van der Waals surface area contributed by atoms with Gasteiger partial charge in [-0.15, -0.1) is 0 Å². The summed E-state index contributed by atoms with van der Waals surface area (Å²) in [6, 6.07) is 17.5. The van der Waals surface area contributed by atoms with Gasteiger partial charge in [0.25, 0.3) is 0 Å². The van der Waals surface area contributed by atoms with Crippen LogP contribution < -0.4 is 21.3 Å². The molecule has 0 unspecified atom stereocenters. The molecule has 14 nitrogen and oxygen atoms in total. The van der Waals surface area contributed by atoms with Gasteiger partial charge in [0.1, 0.15) is 22.4 Å². The van der Waals surface area contributed by atoms with E-state index in [0.29, 0.717) is 6.54 Å². The molecule has 0 saturated carbocycles. The van der Waals surface area contributed by atoms with Crippen LogP contribution in [0.5, 0.6) is 0 Å². The van der Waals surface area contributed by atoms with E-state index in [2.05, 4.69) is 25.9 Å². The molecule has 0 aliphatic heterocycles. The molecule has 0 atom stereocenters. The summed E-state index contributed by atoms with van der Waals surface area (Å²) in [6.07, 6.45) is 5.11. The van der Waals surface area contributed by atoms with Gasteiger partial charge in [-0.25, -0.2) is 24.5 Å². The van der Waals surface area contributed by atoms with Crippen molar-refractivity contribution < 1.29 is 38.1 Å². The third kappa shape index (κ3) is 45.0. The monoisotopic (exact) mass is 734 g/mol. The lowest BCUT2D eigenvalue weighted by Gasteiger charge is -2.22. The van der Waals surface area contributed by atoms with E-state index in [0.717, 1.165) is 5.56 Å². The van der Waals surface area contributed by atoms with Crippen LogP contribution in [-0.2, 0) is 25.5 Å². The van der Waals surface area contributed by atoms with Gasteiger partial charge in [0, 0.05) is 38.4 Å². The average Bonchev–Trinajstić information content (AvgIpc) is 3.74. The Balaban J connectivity index is -0.000000599. The van der Waals surface area contributed by atoms with Crippen molar-refractivity contribution in [2.75, 3.05) is 21.1 Å². The first kappa shape index (κ1) is 51.4. The van der Waals surface area contributed by atoms with E-state index in [9.17, 15) is 19.2 Å². The molecule has 1 aromatic carbocycles. The topological polar surface area (TPSA) is 185 Å². The number of ether oxygens (including phenoxy) is 4. The normalized spacial score (nSPS) is 10.3. The molecule has 296 valence electrons. The Kier molecular flexibility index (Phi) is 27.4. The average molecular weight is 735 g/mol. The van der Waals surface area contributed by atoms with Gasteiger partial charge in [-0.2, -0.15) is 0 Å². The third-order valence-electron chi connectivity index (χ3n) is 4.28. The fourth-order valence-corrected chi connectivity index (χ4v) is 2.66. The van der Waals surface area contributed by atoms with Crippen molar-refractivity contribution in [1.29, 1.82) is 0 Å². The van der Waals surface area contributed by atoms with Gasteiger partial charge >= 0.3 is 24.4 Å². The number of alkyl carbamates (subject to hydrolysis) is 4. The minimum absolute atomic E-state index is 0.383. The van der Waals surface area contributed by atoms with Gasteiger partial charge in [0.15, 0.2) is 0 Å². The molecule has 4 amide bonds. The summed E-state index contributed by atoms with van der Waals surface area (Å²) in [5.74, 6) is 0. The number of benzene rings is 1. The first-order valence-corrected chi connectivity index (χ1v) is 16.7. The highest BCUT2D eigenvalue weighted by molar-refractivity contribution is 5.87. The zero-order valence-electron chi connectivity index (χ0n) is 34.0. The van der Waals surface area contributed by atoms with Gasteiger partial charge in [0.05, 0.1) is 0 Å². The first-order chi connectivity index (χ1) is 23.8. The molecule has 2 aromatic heterocycles. The van der Waals surface area contributed by atoms with E-state index in [1.807, 2.05) is 140 Å². The molecule has 14 heteroatoms. The summed E-state index contributed by atoms with van der Waals surface area (Å²) in [6.45, 7) is 21.7. The fraction of sp³-hybridized carbons (Fsp3) is 0.526. The highest BCUT2D eigenvalue weighted by Gasteiger charge is 2.22. The van der Waals surface area contributed by atoms with Crippen LogP contribution in [0.25, 0.3) is 0 Å². The molecule has 0 bridgehead atoms. The van der Waals surface area contributed by atoms with Gasteiger partial charge in [-0.05, 0) is 127 Å². The lowest BCUT2D eigenvalue weighted by Crippen LogP contribution is -2.39. The van der Waals surface area contributed by atoms with Crippen molar-refractivity contribution in [3.63, 3.8) is 0 Å². The molecule has 2 heterocycles. The number of amides is 4. The van der Waals surface area contributed by atoms with Crippen LogP contribution in [0.2, 0.25) is 0 Å². The summed E-state index contributed by atoms with van der Waals surface area (Å²) in [4.78, 5) is 49.8. The standard InChI is InChI=1S/C12H17NO2.C10H19NO4.C6H13NO2.2C4H5N.C2H7N/c1-12(2,3)15-11(14)13-9-10-7-5-4-6-8-10;1-9(2,3)14-7(12)11-8(13)15-10(4,5)6;1-6(2,3)9-5(8)7-4;2*1-2-4-5-3-1;1-3-2/h4-8H,9H2,1-3H3,(H,13,14);1-6H3,(H,11,12,13);1-4H3,(H,7,8);2*1-5H;3H,1-2H3. The smallest absolute Gasteiger partial charge is 0.417 e. The van der Waals surface area contributed by atoms with E-state index >= 15 is 0 Å². The summed E-state index contributed by atoms with van der Waals surface area (Å²) in [7, 11) is 5.29. The van der Waals surface area contributed by atoms with Crippen molar-refractivity contribution in [2.45, 2.75) is 112 Å². The quantitative estimate of drug-likeness (QED) is 0.141. The number of carbonyl (C=O) groups is 4. The number of hydrogen-bond donors (Lipinski definition) is 6. The molecule has 0 aliphatic carbocycles. The van der Waals surface area contributed by atoms with Crippen LogP contribution in [0.15, 0.2) is 79.4 Å². The highest BCUT2D eigenvalue weighted by Crippen LogP contribution is 2.09. The molecule has 3 rings (SSSR count). The SMILES string of the molecule is CC(C)(C)OC(=O)NC(=O)OC(C)(C)C.CC(C)(C)OC(=O)NCc1ccccc1.CNC.CNC(=O)OC(C)(C)C.c1cc[nH]c1.c1cc[nH]c1. The number of carbonyl (C=O) groups excluding carboxylic acids is 4. The Hall–Kier alpha value is -4.98. The third-order valence-corrected chi connectivity index (χ3v) is 4.28. The van der Waals surface area contributed by atoms with Crippen LogP contribution in [0.3, 0.4) is 0 Å². The zero-order valence-corrected chi connectivity index (χ0v) is 34.0. The molecule has 0 aliphatic rings. The maximum atomic E-state index is 11.3. The summed E-state index contributed by atoms with van der Waals surface area (Å²) in [5, 5.41) is 9.78. The molecular weight excluding hydrogens is 668 g/mol. The predicted octanol–water partition coefficient (Wildman–Crippen LogP) is 8.16. The fourth-order valence-electron chi connectivity index (χ4n) is 2.66. The molecule has 0 radical (unpaired) electrons. The van der Waals surface area contributed by atoms with Crippen LogP contribution >= 0.6 is 0 Å². The number of aromatic amines is 2. The number of nitrogens with one attached hydrogen (secondary N) is 6. The first-order valence-electron chi connectivity index (χ1n) is 16.7. The Morgan fingerprint density at radius 2 is 0.808 bits per heavy atom. The van der Waals surface area contributed by atoms with Gasteiger partial charge < -0.3 is 44.9 Å². The molecule has 52 heavy (non-hydrogen) atoms. The van der Waals surface area contributed by atoms with E-state index in [4.69, 9.17) is 18.9 Å². The zero-order chi connectivity index (χ0) is 40.9. The number of rotatable bonds is 2. The molecule has 0 spiro atoms. The minimum Gasteiger partial charge on any atom is -0.444 e. The Morgan fingerprint density at radius 3 is 1.06 bits per heavy atom. The largest absolute Gasteiger partial charge is 0.444 e. The van der Waals surface area contributed by atoms with Crippen molar-refractivity contribution in [1.82, 2.24) is 31.2 Å². The molecule has 0 fully saturated rings. The molecule has 3 aromatic rings. The number of H-pyrrole nitrogens is 2. The van der Waals surface area contributed by atoms with E-state index in [1.54, 1.807) is 41.5 Å². The Bertz CT molecular complexity index is 1200. The lowest BCUT2D eigenvalue weighted by atomic mass is 10.2. The molecule has 6 N–H and O–H groups in total. The van der Waals surface area contributed by atoms with Crippen LogP contribution in [-0.4, -0.2) is 77.9 Å². The van der Waals surface area contributed by atoms with E-state index in [-0.39, 0.29) is 17.8 Å². The summed E-state index contributed by atoms with van der Waals surface area (Å²) < 4.78 is 19.7. The van der Waals surface area contributed by atoms with Crippen LogP contribution in [0.1, 0.15) is 88.6 Å². The minimum atomic E-state index is -0.809. The number of aromatic nitrogens is 2. The van der Waals surface area contributed by atoms with Crippen LogP contribution in [0.4, 0.5) is 19.2 Å². The second-order valence-corrected chi connectivity index (χ2v) is 14.5. The van der Waals surface area contributed by atoms with Gasteiger partial charge in [-0.1, -0.05) is 30.3 Å². The van der Waals surface area contributed by atoms with Crippen molar-refractivity contribution >= 4 is 24.4 Å². The number of hydrogen-bond acceptors (Lipinski definition) is 9. The van der Waals surface area contributed by atoms with E-state index in [1.165, 1.54) is 7.05 Å². The Labute approximate surface area is 311 Å². The molecular formula is C38H66N6O8. The van der Waals surface area contributed by atoms with Gasteiger partial charge in [-0.3, -0.25) is 0 Å². The van der Waals surface area contributed by atoms with Crippen LogP contribution in [0, 0.1) is 0 Å². The predicted molar refractivity (Wildman–Crippen MR) is 207 cm³/mol. The maximum absolute atomic E-state index is 11.3. The van der Waals surface area contributed by atoms with Crippen molar-refractivity contribution in [2.24, 2.45) is 0 Å². The van der Waals surface area contributed by atoms with Crippen molar-refractivity contribution in [3.05, 3.63) is 84.9 Å². The lowest BCUT2D eigenvalue weighted by molar-refractivity contribution is 0.0350. The van der Waals surface area contributed by atoms with E-state index < -0.39 is 29.0 Å². The second kappa shape index (κ2) is 27.7. The maximum Gasteiger partial charge on any atom is 0.417 e. The van der Waals surface area contributed by atoms with Crippen molar-refractivity contribution in [3.8, 4) is 0 Å². The Morgan fingerprint density at radius 1 is 0.500 bits per heavy atom. The summed E-state index contributed by atoms with van der Waals surface area (Å²) in [5.41, 5.74) is -1.04. The second-order valence-electron chi connectivity index (χ2n) is 14.5.